The molecule has 2 aromatic rings. The molecule has 142 valence electrons. The molecule has 0 aliphatic heterocycles. The van der Waals surface area contributed by atoms with E-state index in [9.17, 15) is 48.5 Å². The van der Waals surface area contributed by atoms with Crippen molar-refractivity contribution in [2.45, 2.75) is 0 Å². The highest BCUT2D eigenvalue weighted by Gasteiger charge is 2.31. The summed E-state index contributed by atoms with van der Waals surface area (Å²) in [6.07, 6.45) is 0. The van der Waals surface area contributed by atoms with Crippen molar-refractivity contribution in [2.24, 2.45) is 0 Å². The maximum atomic E-state index is 13.3. The van der Waals surface area contributed by atoms with Gasteiger partial charge in [0.15, 0.2) is 0 Å². The Kier molecular flexibility index (Phi) is 5.40. The molecule has 0 aliphatic rings. The van der Waals surface area contributed by atoms with Crippen LogP contribution < -0.4 is 9.05 Å². The Hall–Kier alpha value is -2.43. The van der Waals surface area contributed by atoms with Crippen LogP contribution in [0.4, 0.5) is 43.9 Å². The maximum absolute atomic E-state index is 13.3. The highest BCUT2D eigenvalue weighted by molar-refractivity contribution is 7.34. The van der Waals surface area contributed by atoms with Crippen LogP contribution in [0.2, 0.25) is 0 Å². The summed E-state index contributed by atoms with van der Waals surface area (Å²) in [4.78, 5) is 0. The van der Waals surface area contributed by atoms with Crippen molar-refractivity contribution in [1.82, 2.24) is 0 Å². The van der Waals surface area contributed by atoms with Crippen LogP contribution in [0.3, 0.4) is 0 Å². The normalized spacial score (nSPS) is 11.2. The Morgan fingerprint density at radius 1 is 0.423 bits per heavy atom. The lowest BCUT2D eigenvalue weighted by Gasteiger charge is -2.12. The highest BCUT2D eigenvalue weighted by Crippen LogP contribution is 2.39. The van der Waals surface area contributed by atoms with Crippen LogP contribution in [0.1, 0.15) is 0 Å². The largest absolute Gasteiger partial charge is 0.419 e. The van der Waals surface area contributed by atoms with Gasteiger partial charge in [-0.05, 0) is 0 Å². The third-order valence-electron chi connectivity index (χ3n) is 2.71. The van der Waals surface area contributed by atoms with Gasteiger partial charge in [-0.25, -0.2) is 30.9 Å². The summed E-state index contributed by atoms with van der Waals surface area (Å²) < 4.78 is 149. The van der Waals surface area contributed by atoms with Gasteiger partial charge in [-0.1, -0.05) is 0 Å². The second-order valence-corrected chi connectivity index (χ2v) is 5.16. The molecule has 0 spiro atoms. The third kappa shape index (κ3) is 3.18. The fraction of sp³-hybridized carbons (Fsp3) is 0. The molecule has 0 saturated carbocycles. The average Bonchev–Trinajstić information content (AvgIpc) is 2.62. The average molecular weight is 414 g/mol. The first-order valence-electron chi connectivity index (χ1n) is 5.91. The van der Waals surface area contributed by atoms with Crippen LogP contribution in [0.25, 0.3) is 0 Å². The van der Waals surface area contributed by atoms with Crippen molar-refractivity contribution in [1.29, 1.82) is 0 Å². The van der Waals surface area contributed by atoms with E-state index < -0.39 is 77.9 Å². The second-order valence-electron chi connectivity index (χ2n) is 4.25. The quantitative estimate of drug-likeness (QED) is 0.308. The van der Waals surface area contributed by atoms with Crippen LogP contribution in [-0.4, -0.2) is 0 Å². The van der Waals surface area contributed by atoms with E-state index in [0.29, 0.717) is 0 Å². The molecule has 3 nitrogen and oxygen atoms in total. The van der Waals surface area contributed by atoms with Gasteiger partial charge in [-0.15, -0.1) is 0 Å². The maximum Gasteiger partial charge on any atom is 0.419 e. The van der Waals surface area contributed by atoms with Crippen molar-refractivity contribution in [3.05, 3.63) is 58.2 Å². The molecule has 0 N–H and O–H groups in total. The van der Waals surface area contributed by atoms with E-state index in [1.54, 1.807) is 0 Å². The minimum atomic E-state index is -4.60. The number of rotatable bonds is 4. The van der Waals surface area contributed by atoms with E-state index in [4.69, 9.17) is 0 Å². The molecule has 0 radical (unpaired) electrons. The number of halogens is 10. The van der Waals surface area contributed by atoms with Crippen molar-refractivity contribution in [2.75, 3.05) is 0 Å². The Labute approximate surface area is 136 Å². The molecule has 0 amide bonds. The molecule has 14 heteroatoms. The van der Waals surface area contributed by atoms with Crippen molar-refractivity contribution < 1.29 is 57.5 Å². The summed E-state index contributed by atoms with van der Waals surface area (Å²) in [5.41, 5.74) is 0. The van der Waals surface area contributed by atoms with E-state index in [1.165, 1.54) is 0 Å². The lowest BCUT2D eigenvalue weighted by atomic mass is 10.3. The summed E-state index contributed by atoms with van der Waals surface area (Å²) in [5.74, 6) is -29.9. The van der Waals surface area contributed by atoms with Gasteiger partial charge in [0.2, 0.25) is 69.7 Å². The van der Waals surface area contributed by atoms with Crippen LogP contribution in [0, 0.1) is 58.2 Å². The van der Waals surface area contributed by atoms with E-state index in [1.807, 2.05) is 0 Å². The van der Waals surface area contributed by atoms with E-state index in [0.717, 1.165) is 0 Å². The Morgan fingerprint density at radius 3 is 0.846 bits per heavy atom. The van der Waals surface area contributed by atoms with E-state index in [-0.39, 0.29) is 0 Å². The molecule has 2 aromatic carbocycles. The zero-order valence-corrected chi connectivity index (χ0v) is 12.5. The Bertz CT molecular complexity index is 801. The summed E-state index contributed by atoms with van der Waals surface area (Å²) in [6.45, 7) is 0. The van der Waals surface area contributed by atoms with Gasteiger partial charge in [-0.2, -0.15) is 17.6 Å². The number of benzene rings is 2. The molecule has 0 heterocycles. The standard InChI is InChI=1S/C12HF10O3P/c13-1-3(15)7(19)11(8(20)4(1)16)24-26(23)25-12-9(21)5(17)2(14)6(18)10(12)22/h26H. The SMILES string of the molecule is O=[PH](Oc1c(F)c(F)c(F)c(F)c1F)Oc1c(F)c(F)c(F)c(F)c1F. The van der Waals surface area contributed by atoms with Gasteiger partial charge in [0, 0.05) is 0 Å². The first-order valence-corrected chi connectivity index (χ1v) is 7.14. The predicted octanol–water partition coefficient (Wildman–Crippen LogP) is 4.93. The molecular weight excluding hydrogens is 413 g/mol. The van der Waals surface area contributed by atoms with E-state index >= 15 is 0 Å². The molecule has 2 rings (SSSR count). The molecule has 26 heavy (non-hydrogen) atoms. The van der Waals surface area contributed by atoms with Gasteiger partial charge in [0.1, 0.15) is 0 Å². The molecular formula is C12HF10O3P. The van der Waals surface area contributed by atoms with Crippen molar-refractivity contribution in [3.8, 4) is 11.5 Å². The van der Waals surface area contributed by atoms with E-state index in [2.05, 4.69) is 9.05 Å². The van der Waals surface area contributed by atoms with Crippen molar-refractivity contribution >= 4 is 8.25 Å². The number of hydrogen-bond acceptors (Lipinski definition) is 3. The molecule has 0 saturated heterocycles. The molecule has 0 aliphatic carbocycles. The Morgan fingerprint density at radius 2 is 0.615 bits per heavy atom. The number of hydrogen-bond donors (Lipinski definition) is 0. The first-order chi connectivity index (χ1) is 12.0. The third-order valence-corrected chi connectivity index (χ3v) is 3.45. The molecule has 0 atom stereocenters. The lowest BCUT2D eigenvalue weighted by molar-refractivity contribution is 0.319. The van der Waals surface area contributed by atoms with Gasteiger partial charge >= 0.3 is 8.25 Å². The topological polar surface area (TPSA) is 35.5 Å². The zero-order chi connectivity index (χ0) is 19.9. The van der Waals surface area contributed by atoms with Crippen LogP contribution in [0.5, 0.6) is 11.5 Å². The van der Waals surface area contributed by atoms with Crippen LogP contribution >= 0.6 is 8.25 Å². The summed E-state index contributed by atoms with van der Waals surface area (Å²) in [5, 5.41) is 0. The molecule has 0 aromatic heterocycles. The van der Waals surface area contributed by atoms with Gasteiger partial charge < -0.3 is 9.05 Å². The smallest absolute Gasteiger partial charge is 0.411 e. The minimum Gasteiger partial charge on any atom is -0.411 e. The second kappa shape index (κ2) is 7.06. The molecule has 0 unspecified atom stereocenters. The van der Waals surface area contributed by atoms with Gasteiger partial charge in [0.05, 0.1) is 0 Å². The van der Waals surface area contributed by atoms with Crippen LogP contribution in [-0.2, 0) is 4.57 Å². The summed E-state index contributed by atoms with van der Waals surface area (Å²) in [7, 11) is -4.60. The zero-order valence-electron chi connectivity index (χ0n) is 11.5. The van der Waals surface area contributed by atoms with Gasteiger partial charge in [0.25, 0.3) is 0 Å². The van der Waals surface area contributed by atoms with Crippen LogP contribution in [0.15, 0.2) is 0 Å². The Balaban J connectivity index is 2.41. The molecule has 0 bridgehead atoms. The predicted molar refractivity (Wildman–Crippen MR) is 62.7 cm³/mol. The van der Waals surface area contributed by atoms with Gasteiger partial charge in [-0.3, -0.25) is 0 Å². The molecule has 0 fully saturated rings. The fourth-order valence-corrected chi connectivity index (χ4v) is 2.27. The summed E-state index contributed by atoms with van der Waals surface area (Å²) >= 11 is 0. The summed E-state index contributed by atoms with van der Waals surface area (Å²) in [6, 6.07) is 0. The first kappa shape index (κ1) is 19.9. The lowest BCUT2D eigenvalue weighted by Crippen LogP contribution is -2.06. The highest BCUT2D eigenvalue weighted by atomic mass is 31.1. The van der Waals surface area contributed by atoms with Crippen molar-refractivity contribution in [3.63, 3.8) is 0 Å². The fourth-order valence-electron chi connectivity index (χ4n) is 1.54. The monoisotopic (exact) mass is 414 g/mol. The minimum absolute atomic E-state index is 2.14.